The van der Waals surface area contributed by atoms with Crippen molar-refractivity contribution in [3.05, 3.63) is 29.8 Å². The van der Waals surface area contributed by atoms with Crippen molar-refractivity contribution >= 4 is 17.8 Å². The topological polar surface area (TPSA) is 84.9 Å². The summed E-state index contributed by atoms with van der Waals surface area (Å²) < 4.78 is 10.4. The van der Waals surface area contributed by atoms with E-state index in [1.807, 2.05) is 36.1 Å². The fraction of sp³-hybridized carbons (Fsp3) is 0.609. The fourth-order valence-corrected chi connectivity index (χ4v) is 3.90. The lowest BCUT2D eigenvalue weighted by atomic mass is 9.94. The van der Waals surface area contributed by atoms with Crippen LogP contribution in [0.25, 0.3) is 0 Å². The van der Waals surface area contributed by atoms with E-state index >= 15 is 0 Å². The monoisotopic (exact) mass is 416 g/mol. The molecule has 1 saturated carbocycles. The molecule has 1 aliphatic heterocycles. The lowest BCUT2D eigenvalue weighted by molar-refractivity contribution is -0.145. The first-order valence-corrected chi connectivity index (χ1v) is 10.9. The molecule has 1 aromatic rings. The molecule has 1 heterocycles. The number of carbonyl (C=O) groups excluding carboxylic acids is 3. The van der Waals surface area contributed by atoms with Gasteiger partial charge in [-0.05, 0) is 56.7 Å². The molecule has 2 amide bonds. The van der Waals surface area contributed by atoms with Gasteiger partial charge in [0.1, 0.15) is 5.75 Å². The van der Waals surface area contributed by atoms with Crippen molar-refractivity contribution in [1.29, 1.82) is 0 Å². The molecule has 3 rings (SSSR count). The molecule has 1 saturated heterocycles. The molecule has 1 atom stereocenters. The number of nitrogens with one attached hydrogen (secondary N) is 1. The maximum Gasteiger partial charge on any atom is 0.310 e. The van der Waals surface area contributed by atoms with Crippen LogP contribution >= 0.6 is 0 Å². The Balaban J connectivity index is 1.48. The molecular formula is C23H32N2O5. The first-order chi connectivity index (χ1) is 14.5. The molecule has 30 heavy (non-hydrogen) atoms. The Morgan fingerprint density at radius 2 is 1.73 bits per heavy atom. The highest BCUT2D eigenvalue weighted by Gasteiger charge is 2.36. The van der Waals surface area contributed by atoms with E-state index in [1.165, 1.54) is 7.11 Å². The number of hydrogen-bond acceptors (Lipinski definition) is 5. The highest BCUT2D eigenvalue weighted by Crippen LogP contribution is 2.32. The first-order valence-electron chi connectivity index (χ1n) is 10.9. The van der Waals surface area contributed by atoms with Crippen LogP contribution in [0.3, 0.4) is 0 Å². The quantitative estimate of drug-likeness (QED) is 0.624. The molecule has 0 aromatic heterocycles. The summed E-state index contributed by atoms with van der Waals surface area (Å²) in [6, 6.07) is 7.61. The molecule has 0 spiro atoms. The van der Waals surface area contributed by atoms with Gasteiger partial charge in [-0.25, -0.2) is 0 Å². The van der Waals surface area contributed by atoms with E-state index in [1.54, 1.807) is 0 Å². The number of rotatable bonds is 9. The minimum atomic E-state index is -0.451. The van der Waals surface area contributed by atoms with E-state index in [9.17, 15) is 14.4 Å². The van der Waals surface area contributed by atoms with Crippen molar-refractivity contribution in [1.82, 2.24) is 10.2 Å². The highest BCUT2D eigenvalue weighted by atomic mass is 16.5. The van der Waals surface area contributed by atoms with Gasteiger partial charge in [0.15, 0.2) is 0 Å². The number of methoxy groups -OCH3 is 1. The number of ether oxygens (including phenoxy) is 2. The normalized spacial score (nSPS) is 17.9. The summed E-state index contributed by atoms with van der Waals surface area (Å²) in [5, 5.41) is 2.93. The number of likely N-dealkylation sites (tertiary alicyclic amines) is 1. The van der Waals surface area contributed by atoms with Gasteiger partial charge in [-0.1, -0.05) is 12.1 Å². The van der Waals surface area contributed by atoms with Gasteiger partial charge in [0.2, 0.25) is 11.8 Å². The zero-order chi connectivity index (χ0) is 21.5. The van der Waals surface area contributed by atoms with Crippen LogP contribution in [0.15, 0.2) is 24.3 Å². The third kappa shape index (κ3) is 5.97. The minimum Gasteiger partial charge on any atom is -0.494 e. The molecule has 2 aliphatic rings. The summed E-state index contributed by atoms with van der Waals surface area (Å²) in [5.41, 5.74) is 0.981. The van der Waals surface area contributed by atoms with Gasteiger partial charge < -0.3 is 19.7 Å². The second kappa shape index (κ2) is 10.5. The number of piperidine rings is 1. The van der Waals surface area contributed by atoms with Crippen LogP contribution in [-0.4, -0.2) is 56.0 Å². The Hall–Kier alpha value is -2.57. The Morgan fingerprint density at radius 3 is 2.30 bits per heavy atom. The molecule has 164 valence electrons. The first kappa shape index (κ1) is 22.1. The summed E-state index contributed by atoms with van der Waals surface area (Å²) in [6.45, 7) is 4.04. The number of hydrogen-bond donors (Lipinski definition) is 1. The van der Waals surface area contributed by atoms with Crippen LogP contribution in [0.4, 0.5) is 0 Å². The van der Waals surface area contributed by atoms with Crippen molar-refractivity contribution in [3.8, 4) is 5.75 Å². The summed E-state index contributed by atoms with van der Waals surface area (Å²) in [7, 11) is 1.36. The second-order valence-corrected chi connectivity index (χ2v) is 8.12. The van der Waals surface area contributed by atoms with Gasteiger partial charge in [-0.15, -0.1) is 0 Å². The van der Waals surface area contributed by atoms with E-state index in [4.69, 9.17) is 9.47 Å². The molecule has 7 heteroatoms. The number of carbonyl (C=O) groups is 3. The van der Waals surface area contributed by atoms with Crippen molar-refractivity contribution < 1.29 is 23.9 Å². The number of esters is 1. The van der Waals surface area contributed by atoms with E-state index in [0.717, 1.165) is 24.2 Å². The zero-order valence-electron chi connectivity index (χ0n) is 17.9. The molecule has 1 unspecified atom stereocenters. The Labute approximate surface area is 178 Å². The number of amides is 2. The van der Waals surface area contributed by atoms with E-state index in [-0.39, 0.29) is 36.2 Å². The average molecular weight is 417 g/mol. The molecule has 0 radical (unpaired) electrons. The summed E-state index contributed by atoms with van der Waals surface area (Å²) >= 11 is 0. The zero-order valence-corrected chi connectivity index (χ0v) is 17.9. The van der Waals surface area contributed by atoms with Crippen LogP contribution in [0.1, 0.15) is 38.2 Å². The predicted molar refractivity (Wildman–Crippen MR) is 112 cm³/mol. The highest BCUT2D eigenvalue weighted by molar-refractivity contribution is 5.82. The van der Waals surface area contributed by atoms with Gasteiger partial charge in [0.25, 0.3) is 0 Å². The second-order valence-electron chi connectivity index (χ2n) is 8.12. The summed E-state index contributed by atoms with van der Waals surface area (Å²) in [6.07, 6.45) is 3.83. The molecule has 2 fully saturated rings. The van der Waals surface area contributed by atoms with Crippen molar-refractivity contribution in [2.45, 2.75) is 39.0 Å². The van der Waals surface area contributed by atoms with Gasteiger partial charge in [-0.3, -0.25) is 14.4 Å². The minimum absolute atomic E-state index is 0.0471. The lowest BCUT2D eigenvalue weighted by Gasteiger charge is -2.31. The van der Waals surface area contributed by atoms with Crippen molar-refractivity contribution in [2.75, 3.05) is 33.4 Å². The molecular weight excluding hydrogens is 384 g/mol. The number of nitrogens with zero attached hydrogens (tertiary/aromatic N) is 1. The maximum atomic E-state index is 12.6. The molecule has 1 N–H and O–H groups in total. The van der Waals surface area contributed by atoms with Crippen LogP contribution in [0, 0.1) is 17.8 Å². The average Bonchev–Trinajstić information content (AvgIpc) is 3.62. The predicted octanol–water partition coefficient (Wildman–Crippen LogP) is 2.18. The molecule has 1 aliphatic carbocycles. The Kier molecular flexibility index (Phi) is 7.71. The summed E-state index contributed by atoms with van der Waals surface area (Å²) in [5.74, 6) is 0.304. The van der Waals surface area contributed by atoms with Gasteiger partial charge >= 0.3 is 5.97 Å². The Bertz CT molecular complexity index is 736. The largest absolute Gasteiger partial charge is 0.494 e. The maximum absolute atomic E-state index is 12.6. The van der Waals surface area contributed by atoms with Crippen LogP contribution < -0.4 is 10.1 Å². The third-order valence-electron chi connectivity index (χ3n) is 5.88. The van der Waals surface area contributed by atoms with Gasteiger partial charge in [0.05, 0.1) is 19.6 Å². The van der Waals surface area contributed by atoms with Crippen LogP contribution in [0.5, 0.6) is 5.75 Å². The molecule has 7 nitrogen and oxygen atoms in total. The van der Waals surface area contributed by atoms with Crippen molar-refractivity contribution in [2.24, 2.45) is 17.8 Å². The van der Waals surface area contributed by atoms with Crippen molar-refractivity contribution in [3.63, 3.8) is 0 Å². The lowest BCUT2D eigenvalue weighted by Crippen LogP contribution is -2.45. The van der Waals surface area contributed by atoms with Gasteiger partial charge in [-0.2, -0.15) is 0 Å². The van der Waals surface area contributed by atoms with E-state index < -0.39 is 5.92 Å². The van der Waals surface area contributed by atoms with Crippen LogP contribution in [0.2, 0.25) is 0 Å². The smallest absolute Gasteiger partial charge is 0.310 e. The van der Waals surface area contributed by atoms with E-state index in [0.29, 0.717) is 39.0 Å². The third-order valence-corrected chi connectivity index (χ3v) is 5.88. The number of benzene rings is 1. The standard InChI is InChI=1S/C23H32N2O5/c1-3-30-20-8-4-16(5-9-20)14-19(23(28)29-2)15-24-21(26)17-10-12-25(13-11-17)22(27)18-6-7-18/h4-5,8-9,17-19H,3,6-7,10-15H2,1-2H3,(H,24,26). The fourth-order valence-electron chi connectivity index (χ4n) is 3.90. The van der Waals surface area contributed by atoms with Crippen LogP contribution in [-0.2, 0) is 25.5 Å². The Morgan fingerprint density at radius 1 is 1.07 bits per heavy atom. The van der Waals surface area contributed by atoms with E-state index in [2.05, 4.69) is 5.32 Å². The summed E-state index contributed by atoms with van der Waals surface area (Å²) in [4.78, 5) is 38.9. The SMILES string of the molecule is CCOc1ccc(CC(CNC(=O)C2CCN(C(=O)C3CC3)CC2)C(=O)OC)cc1. The molecule has 1 aromatic carbocycles. The molecule has 0 bridgehead atoms. The van der Waals surface area contributed by atoms with Gasteiger partial charge in [0, 0.05) is 31.5 Å².